The van der Waals surface area contributed by atoms with Gasteiger partial charge >= 0.3 is 0 Å². The van der Waals surface area contributed by atoms with Gasteiger partial charge < -0.3 is 28.6 Å². The Balaban J connectivity index is 1.99. The summed E-state index contributed by atoms with van der Waals surface area (Å²) in [7, 11) is 6.34. The van der Waals surface area contributed by atoms with Crippen LogP contribution in [0, 0.1) is 0 Å². The fourth-order valence-corrected chi connectivity index (χ4v) is 3.82. The lowest BCUT2D eigenvalue weighted by atomic mass is 9.75. The van der Waals surface area contributed by atoms with Crippen LogP contribution in [0.4, 0.5) is 0 Å². The Morgan fingerprint density at radius 2 is 1.80 bits per heavy atom. The number of amides is 1. The molecule has 1 saturated heterocycles. The second-order valence-corrected chi connectivity index (χ2v) is 7.07. The molecule has 8 nitrogen and oxygen atoms in total. The van der Waals surface area contributed by atoms with E-state index in [0.717, 1.165) is 11.1 Å². The number of likely N-dealkylation sites (tertiary alicyclic amines) is 1. The first-order valence-electron chi connectivity index (χ1n) is 9.59. The average Bonchev–Trinajstić information content (AvgIpc) is 2.78. The molecule has 0 unspecified atom stereocenters. The molecule has 0 N–H and O–H groups in total. The number of nitrogens with zero attached hydrogens (tertiary/aromatic N) is 2. The monoisotopic (exact) mass is 416 g/mol. The predicted molar refractivity (Wildman–Crippen MR) is 109 cm³/mol. The summed E-state index contributed by atoms with van der Waals surface area (Å²) in [5, 5.41) is 0. The Bertz CT molecular complexity index is 844. The van der Waals surface area contributed by atoms with Crippen molar-refractivity contribution in [3.63, 3.8) is 0 Å². The topological polar surface area (TPSA) is 79.4 Å². The van der Waals surface area contributed by atoms with E-state index in [2.05, 4.69) is 4.98 Å². The smallest absolute Gasteiger partial charge is 0.260 e. The fourth-order valence-electron chi connectivity index (χ4n) is 3.82. The van der Waals surface area contributed by atoms with E-state index >= 15 is 0 Å². The molecule has 1 fully saturated rings. The molecule has 0 saturated carbocycles. The summed E-state index contributed by atoms with van der Waals surface area (Å²) in [6.07, 6.45) is 1.93. The highest BCUT2D eigenvalue weighted by atomic mass is 16.7. The first-order chi connectivity index (χ1) is 14.6. The van der Waals surface area contributed by atoms with Gasteiger partial charge in [0.1, 0.15) is 19.3 Å². The van der Waals surface area contributed by atoms with Crippen molar-refractivity contribution in [2.75, 3.05) is 42.0 Å². The third-order valence-corrected chi connectivity index (χ3v) is 5.15. The molecule has 2 aromatic rings. The van der Waals surface area contributed by atoms with E-state index in [0.29, 0.717) is 18.1 Å². The van der Waals surface area contributed by atoms with E-state index in [1.54, 1.807) is 38.5 Å². The quantitative estimate of drug-likeness (QED) is 0.411. The molecule has 30 heavy (non-hydrogen) atoms. The number of rotatable bonds is 11. The second kappa shape index (κ2) is 9.99. The Morgan fingerprint density at radius 1 is 1.03 bits per heavy atom. The standard InChI is InChI=1S/C22H28N2O6/c1-26-13-16-5-7-17(8-6-16)20-22(30-15-28-3,21(25)24(20)14-27-2)12-18-11-19(29-4)9-10-23-18/h5-11,20H,12-15H2,1-4H3/t20-,22+/m0/s1. The molecular formula is C22H28N2O6. The van der Waals surface area contributed by atoms with Crippen molar-refractivity contribution >= 4 is 5.91 Å². The predicted octanol–water partition coefficient (Wildman–Crippen LogP) is 2.33. The van der Waals surface area contributed by atoms with Crippen LogP contribution in [0.3, 0.4) is 0 Å². The Labute approximate surface area is 176 Å². The van der Waals surface area contributed by atoms with Crippen molar-refractivity contribution in [1.82, 2.24) is 9.88 Å². The van der Waals surface area contributed by atoms with Crippen molar-refractivity contribution < 1.29 is 28.5 Å². The molecule has 0 bridgehead atoms. The van der Waals surface area contributed by atoms with E-state index in [1.165, 1.54) is 7.11 Å². The maximum atomic E-state index is 13.3. The first-order valence-corrected chi connectivity index (χ1v) is 9.59. The summed E-state index contributed by atoms with van der Waals surface area (Å²) in [5.41, 5.74) is 1.52. The van der Waals surface area contributed by atoms with E-state index in [-0.39, 0.29) is 31.9 Å². The van der Waals surface area contributed by atoms with Gasteiger partial charge in [-0.3, -0.25) is 9.78 Å². The first kappa shape index (κ1) is 22.2. The van der Waals surface area contributed by atoms with Crippen molar-refractivity contribution in [2.45, 2.75) is 24.7 Å². The van der Waals surface area contributed by atoms with Crippen LogP contribution in [0.1, 0.15) is 22.9 Å². The number of β-lactam (4-membered cyclic amide) rings is 1. The largest absolute Gasteiger partial charge is 0.497 e. The van der Waals surface area contributed by atoms with Crippen LogP contribution in [0.2, 0.25) is 0 Å². The van der Waals surface area contributed by atoms with Crippen LogP contribution in [0.25, 0.3) is 0 Å². The van der Waals surface area contributed by atoms with E-state index in [4.69, 9.17) is 23.7 Å². The minimum absolute atomic E-state index is 0.0191. The van der Waals surface area contributed by atoms with Gasteiger partial charge in [0.05, 0.1) is 19.8 Å². The number of hydrogen-bond acceptors (Lipinski definition) is 7. The lowest BCUT2D eigenvalue weighted by molar-refractivity contribution is -0.235. The summed E-state index contributed by atoms with van der Waals surface area (Å²) < 4.78 is 27.0. The van der Waals surface area contributed by atoms with Gasteiger partial charge in [0.25, 0.3) is 5.91 Å². The van der Waals surface area contributed by atoms with Gasteiger partial charge in [-0.1, -0.05) is 24.3 Å². The van der Waals surface area contributed by atoms with E-state index < -0.39 is 5.60 Å². The van der Waals surface area contributed by atoms with Gasteiger partial charge in [-0.15, -0.1) is 0 Å². The summed E-state index contributed by atoms with van der Waals surface area (Å²) in [6.45, 7) is 0.659. The molecule has 8 heteroatoms. The second-order valence-electron chi connectivity index (χ2n) is 7.07. The zero-order chi connectivity index (χ0) is 21.6. The highest BCUT2D eigenvalue weighted by Crippen LogP contribution is 2.48. The normalized spacial score (nSPS) is 20.9. The van der Waals surface area contributed by atoms with Crippen molar-refractivity contribution in [3.05, 3.63) is 59.4 Å². The lowest BCUT2D eigenvalue weighted by Crippen LogP contribution is -2.71. The molecule has 1 aliphatic rings. The van der Waals surface area contributed by atoms with Crippen LogP contribution in [-0.2, 0) is 36.8 Å². The number of ether oxygens (including phenoxy) is 5. The maximum Gasteiger partial charge on any atom is 0.260 e. The SMILES string of the molecule is COCO[C@@]1(Cc2cc(OC)ccn2)C(=O)N(COC)[C@H]1c1ccc(COC)cc1. The Kier molecular flexibility index (Phi) is 7.38. The molecule has 1 aromatic heterocycles. The molecule has 1 aromatic carbocycles. The van der Waals surface area contributed by atoms with Crippen LogP contribution in [0.15, 0.2) is 42.6 Å². The number of hydrogen-bond donors (Lipinski definition) is 0. The number of benzene rings is 1. The Hall–Kier alpha value is -2.52. The number of carbonyl (C=O) groups excluding carboxylic acids is 1. The highest BCUT2D eigenvalue weighted by molar-refractivity contribution is 5.93. The summed E-state index contributed by atoms with van der Waals surface area (Å²) >= 11 is 0. The highest BCUT2D eigenvalue weighted by Gasteiger charge is 2.62. The van der Waals surface area contributed by atoms with Gasteiger partial charge in [-0.25, -0.2) is 0 Å². The molecule has 0 spiro atoms. The van der Waals surface area contributed by atoms with Crippen molar-refractivity contribution in [2.24, 2.45) is 0 Å². The van der Waals surface area contributed by atoms with Crippen LogP contribution in [-0.4, -0.2) is 63.4 Å². The fraction of sp³-hybridized carbons (Fsp3) is 0.455. The minimum Gasteiger partial charge on any atom is -0.497 e. The molecule has 0 aliphatic carbocycles. The van der Waals surface area contributed by atoms with Gasteiger partial charge in [0, 0.05) is 45.7 Å². The minimum atomic E-state index is -1.16. The molecule has 1 aliphatic heterocycles. The number of methoxy groups -OCH3 is 4. The van der Waals surface area contributed by atoms with Gasteiger partial charge in [0.2, 0.25) is 0 Å². The van der Waals surface area contributed by atoms with Crippen LogP contribution < -0.4 is 4.74 Å². The van der Waals surface area contributed by atoms with Crippen molar-refractivity contribution in [1.29, 1.82) is 0 Å². The third kappa shape index (κ3) is 4.32. The van der Waals surface area contributed by atoms with Gasteiger partial charge in [-0.05, 0) is 17.2 Å². The average molecular weight is 416 g/mol. The molecular weight excluding hydrogens is 388 g/mol. The summed E-state index contributed by atoms with van der Waals surface area (Å²) in [6, 6.07) is 11.1. The number of carbonyl (C=O) groups is 1. The summed E-state index contributed by atoms with van der Waals surface area (Å²) in [4.78, 5) is 19.3. The number of pyridine rings is 1. The third-order valence-electron chi connectivity index (χ3n) is 5.15. The number of aromatic nitrogens is 1. The van der Waals surface area contributed by atoms with E-state index in [9.17, 15) is 4.79 Å². The Morgan fingerprint density at radius 3 is 2.43 bits per heavy atom. The van der Waals surface area contributed by atoms with Crippen LogP contribution in [0.5, 0.6) is 5.75 Å². The molecule has 3 rings (SSSR count). The molecule has 2 heterocycles. The van der Waals surface area contributed by atoms with Crippen LogP contribution >= 0.6 is 0 Å². The zero-order valence-electron chi connectivity index (χ0n) is 17.8. The molecule has 162 valence electrons. The lowest BCUT2D eigenvalue weighted by Gasteiger charge is -2.55. The molecule has 1 amide bonds. The van der Waals surface area contributed by atoms with Crippen molar-refractivity contribution in [3.8, 4) is 5.75 Å². The van der Waals surface area contributed by atoms with Gasteiger partial charge in [-0.2, -0.15) is 0 Å². The van der Waals surface area contributed by atoms with Gasteiger partial charge in [0.15, 0.2) is 5.60 Å². The maximum absolute atomic E-state index is 13.3. The molecule has 2 atom stereocenters. The van der Waals surface area contributed by atoms with E-state index in [1.807, 2.05) is 30.3 Å². The zero-order valence-corrected chi connectivity index (χ0v) is 17.8. The molecule has 0 radical (unpaired) electrons. The summed E-state index contributed by atoms with van der Waals surface area (Å²) in [5.74, 6) is 0.500.